The first-order chi connectivity index (χ1) is 7.06. The van der Waals surface area contributed by atoms with E-state index in [0.717, 1.165) is 12.1 Å². The predicted molar refractivity (Wildman–Crippen MR) is 53.8 cm³/mol. The molecule has 0 bridgehead atoms. The molecular formula is C11H7ClF2O. The fraction of sp³-hybridized carbons (Fsp3) is 0.182. The Morgan fingerprint density at radius 3 is 2.67 bits per heavy atom. The molecule has 0 aliphatic carbocycles. The summed E-state index contributed by atoms with van der Waals surface area (Å²) < 4.78 is 26.1. The minimum absolute atomic E-state index is 0.00546. The average Bonchev–Trinajstić information content (AvgIpc) is 2.20. The van der Waals surface area contributed by atoms with Crippen LogP contribution in [0.25, 0.3) is 0 Å². The standard InChI is InChI=1S/C11H7ClF2O/c1-2-3-4-11(15)7-5-10(14)8(12)6-9(7)13/h1,5-6H,3-4H2. The van der Waals surface area contributed by atoms with Gasteiger partial charge in [-0.05, 0) is 12.1 Å². The third kappa shape index (κ3) is 2.77. The predicted octanol–water partition coefficient (Wildman–Crippen LogP) is 3.21. The Hall–Kier alpha value is -1.40. The highest BCUT2D eigenvalue weighted by Gasteiger charge is 2.14. The molecule has 1 nitrogen and oxygen atoms in total. The van der Waals surface area contributed by atoms with Crippen LogP contribution in [0.2, 0.25) is 5.02 Å². The molecule has 0 N–H and O–H groups in total. The first-order valence-electron chi connectivity index (χ1n) is 4.17. The summed E-state index contributed by atoms with van der Waals surface area (Å²) in [4.78, 5) is 11.3. The van der Waals surface area contributed by atoms with Crippen molar-refractivity contribution in [3.63, 3.8) is 0 Å². The van der Waals surface area contributed by atoms with Crippen molar-refractivity contribution < 1.29 is 13.6 Å². The first-order valence-corrected chi connectivity index (χ1v) is 4.55. The Bertz CT molecular complexity index is 435. The van der Waals surface area contributed by atoms with Gasteiger partial charge in [-0.2, -0.15) is 0 Å². The Labute approximate surface area is 91.1 Å². The summed E-state index contributed by atoms with van der Waals surface area (Å²) in [6.07, 6.45) is 5.15. The molecule has 0 saturated carbocycles. The van der Waals surface area contributed by atoms with Gasteiger partial charge in [-0.15, -0.1) is 12.3 Å². The van der Waals surface area contributed by atoms with E-state index in [-0.39, 0.29) is 23.4 Å². The Balaban J connectivity index is 3.00. The second-order valence-electron chi connectivity index (χ2n) is 2.87. The van der Waals surface area contributed by atoms with Crippen LogP contribution in [0.1, 0.15) is 23.2 Å². The van der Waals surface area contributed by atoms with Crippen molar-refractivity contribution >= 4 is 17.4 Å². The molecule has 15 heavy (non-hydrogen) atoms. The van der Waals surface area contributed by atoms with E-state index >= 15 is 0 Å². The molecule has 78 valence electrons. The zero-order valence-electron chi connectivity index (χ0n) is 7.69. The summed E-state index contributed by atoms with van der Waals surface area (Å²) in [5, 5.41) is -0.346. The van der Waals surface area contributed by atoms with Crippen molar-refractivity contribution in [2.75, 3.05) is 0 Å². The molecule has 0 amide bonds. The summed E-state index contributed by atoms with van der Waals surface area (Å²) in [7, 11) is 0. The SMILES string of the molecule is C#CCCC(=O)c1cc(F)c(Cl)cc1F. The van der Waals surface area contributed by atoms with Crippen molar-refractivity contribution in [3.8, 4) is 12.3 Å². The van der Waals surface area contributed by atoms with Crippen LogP contribution < -0.4 is 0 Å². The number of halogens is 3. The van der Waals surface area contributed by atoms with E-state index in [1.54, 1.807) is 0 Å². The first kappa shape index (κ1) is 11.7. The topological polar surface area (TPSA) is 17.1 Å². The normalized spacial score (nSPS) is 9.73. The molecule has 0 unspecified atom stereocenters. The van der Waals surface area contributed by atoms with Crippen LogP contribution in [0.15, 0.2) is 12.1 Å². The smallest absolute Gasteiger partial charge is 0.166 e. The van der Waals surface area contributed by atoms with E-state index in [2.05, 4.69) is 5.92 Å². The Morgan fingerprint density at radius 1 is 1.40 bits per heavy atom. The van der Waals surface area contributed by atoms with Gasteiger partial charge in [-0.25, -0.2) is 8.78 Å². The molecule has 0 aromatic heterocycles. The van der Waals surface area contributed by atoms with Gasteiger partial charge < -0.3 is 0 Å². The second kappa shape index (κ2) is 4.90. The molecule has 0 atom stereocenters. The van der Waals surface area contributed by atoms with Crippen LogP contribution in [0, 0.1) is 24.0 Å². The Kier molecular flexibility index (Phi) is 3.81. The maximum atomic E-state index is 13.2. The van der Waals surface area contributed by atoms with E-state index in [4.69, 9.17) is 18.0 Å². The third-order valence-corrected chi connectivity index (χ3v) is 2.10. The highest BCUT2D eigenvalue weighted by Crippen LogP contribution is 2.20. The van der Waals surface area contributed by atoms with Crippen LogP contribution >= 0.6 is 11.6 Å². The number of Topliss-reactive ketones (excluding diaryl/α,β-unsaturated/α-hetero) is 1. The minimum atomic E-state index is -0.830. The van der Waals surface area contributed by atoms with Gasteiger partial charge in [0.25, 0.3) is 0 Å². The molecule has 1 rings (SSSR count). The lowest BCUT2D eigenvalue weighted by molar-refractivity contribution is 0.0980. The number of benzene rings is 1. The number of carbonyl (C=O) groups is 1. The number of terminal acetylenes is 1. The maximum absolute atomic E-state index is 13.2. The zero-order chi connectivity index (χ0) is 11.4. The number of carbonyl (C=O) groups excluding carboxylic acids is 1. The lowest BCUT2D eigenvalue weighted by Crippen LogP contribution is -2.03. The van der Waals surface area contributed by atoms with Crippen LogP contribution in [0.3, 0.4) is 0 Å². The molecule has 0 aliphatic rings. The van der Waals surface area contributed by atoms with Crippen molar-refractivity contribution in [2.45, 2.75) is 12.8 Å². The van der Waals surface area contributed by atoms with Gasteiger partial charge in [0.1, 0.15) is 11.6 Å². The molecule has 1 aromatic rings. The van der Waals surface area contributed by atoms with E-state index in [9.17, 15) is 13.6 Å². The summed E-state index contributed by atoms with van der Waals surface area (Å²) in [6.45, 7) is 0. The summed E-state index contributed by atoms with van der Waals surface area (Å²) in [5.41, 5.74) is -0.313. The van der Waals surface area contributed by atoms with Gasteiger partial charge in [0.05, 0.1) is 10.6 Å². The largest absolute Gasteiger partial charge is 0.294 e. The highest BCUT2D eigenvalue weighted by molar-refractivity contribution is 6.30. The zero-order valence-corrected chi connectivity index (χ0v) is 8.44. The molecule has 0 saturated heterocycles. The van der Waals surface area contributed by atoms with Gasteiger partial charge >= 0.3 is 0 Å². The monoisotopic (exact) mass is 228 g/mol. The summed E-state index contributed by atoms with van der Waals surface area (Å²) in [5.74, 6) is 0.0762. The van der Waals surface area contributed by atoms with Gasteiger partial charge in [-0.3, -0.25) is 4.79 Å². The quantitative estimate of drug-likeness (QED) is 0.441. The fourth-order valence-corrected chi connectivity index (χ4v) is 1.21. The van der Waals surface area contributed by atoms with Gasteiger partial charge in [0.15, 0.2) is 5.78 Å². The molecule has 1 aromatic carbocycles. The van der Waals surface area contributed by atoms with Crippen molar-refractivity contribution in [3.05, 3.63) is 34.4 Å². The third-order valence-electron chi connectivity index (χ3n) is 1.81. The van der Waals surface area contributed by atoms with E-state index < -0.39 is 17.4 Å². The Morgan fingerprint density at radius 2 is 2.07 bits per heavy atom. The van der Waals surface area contributed by atoms with Crippen molar-refractivity contribution in [2.24, 2.45) is 0 Å². The van der Waals surface area contributed by atoms with Gasteiger partial charge in [0.2, 0.25) is 0 Å². The number of rotatable bonds is 3. The molecule has 0 radical (unpaired) electrons. The van der Waals surface area contributed by atoms with Gasteiger partial charge in [0, 0.05) is 12.8 Å². The van der Waals surface area contributed by atoms with Crippen LogP contribution in [-0.2, 0) is 0 Å². The fourth-order valence-electron chi connectivity index (χ4n) is 1.06. The molecule has 0 spiro atoms. The van der Waals surface area contributed by atoms with Crippen molar-refractivity contribution in [1.29, 1.82) is 0 Å². The number of hydrogen-bond acceptors (Lipinski definition) is 1. The van der Waals surface area contributed by atoms with E-state index in [0.29, 0.717) is 0 Å². The molecule has 0 aliphatic heterocycles. The summed E-state index contributed by atoms with van der Waals surface area (Å²) in [6, 6.07) is 1.57. The molecule has 0 heterocycles. The minimum Gasteiger partial charge on any atom is -0.294 e. The van der Waals surface area contributed by atoms with Crippen molar-refractivity contribution in [1.82, 2.24) is 0 Å². The number of ketones is 1. The summed E-state index contributed by atoms with van der Waals surface area (Å²) >= 11 is 5.34. The lowest BCUT2D eigenvalue weighted by atomic mass is 10.1. The molecule has 4 heteroatoms. The number of hydrogen-bond donors (Lipinski definition) is 0. The average molecular weight is 229 g/mol. The van der Waals surface area contributed by atoms with E-state index in [1.165, 1.54) is 0 Å². The van der Waals surface area contributed by atoms with Crippen LogP contribution in [0.5, 0.6) is 0 Å². The lowest BCUT2D eigenvalue weighted by Gasteiger charge is -2.02. The van der Waals surface area contributed by atoms with Gasteiger partial charge in [-0.1, -0.05) is 11.6 Å². The highest BCUT2D eigenvalue weighted by atomic mass is 35.5. The maximum Gasteiger partial charge on any atom is 0.166 e. The second-order valence-corrected chi connectivity index (χ2v) is 3.28. The van der Waals surface area contributed by atoms with Crippen LogP contribution in [-0.4, -0.2) is 5.78 Å². The molecule has 0 fully saturated rings. The van der Waals surface area contributed by atoms with E-state index in [1.807, 2.05) is 0 Å². The molecular weight excluding hydrogens is 222 g/mol. The van der Waals surface area contributed by atoms with Crippen LogP contribution in [0.4, 0.5) is 8.78 Å².